The number of benzene rings is 1. The maximum absolute atomic E-state index is 13.9. The largest absolute Gasteiger partial charge is 0.471 e. The van der Waals surface area contributed by atoms with E-state index in [0.29, 0.717) is 13.0 Å². The van der Waals surface area contributed by atoms with E-state index in [0.717, 1.165) is 6.07 Å². The Morgan fingerprint density at radius 2 is 0.816 bits per heavy atom. The first-order valence-corrected chi connectivity index (χ1v) is 8.74. The summed E-state index contributed by atoms with van der Waals surface area (Å²) in [7, 11) is 0. The highest BCUT2D eigenvalue weighted by Crippen LogP contribution is 2.65. The maximum Gasteiger partial charge on any atom is 0.471 e. The molecule has 0 radical (unpaired) electrons. The third-order valence-electron chi connectivity index (χ3n) is 4.74. The van der Waals surface area contributed by atoms with Crippen molar-refractivity contribution in [1.29, 1.82) is 0 Å². The van der Waals surface area contributed by atoms with Crippen molar-refractivity contribution in [2.75, 3.05) is 11.5 Å². The average molecular weight is 606 g/mol. The zero-order chi connectivity index (χ0) is 30.9. The lowest BCUT2D eigenvalue weighted by Crippen LogP contribution is -2.76. The molecule has 0 heterocycles. The number of hydrogen-bond acceptors (Lipinski definition) is 3. The highest BCUT2D eigenvalue weighted by Gasteiger charge is 2.97. The van der Waals surface area contributed by atoms with Gasteiger partial charge in [-0.25, -0.2) is 0 Å². The van der Waals surface area contributed by atoms with Gasteiger partial charge in [-0.05, 0) is 18.6 Å². The van der Waals surface area contributed by atoms with E-state index in [9.17, 15) is 83.4 Å². The summed E-state index contributed by atoms with van der Waals surface area (Å²) in [6, 6.07) is 1.37. The number of ether oxygens (including phenoxy) is 1. The number of hydrogen-bond donors (Lipinski definition) is 2. The second-order valence-electron chi connectivity index (χ2n) is 7.35. The quantitative estimate of drug-likeness (QED) is 0.232. The number of rotatable bonds is 9. The van der Waals surface area contributed by atoms with Crippen LogP contribution in [-0.2, 0) is 0 Å². The number of alkyl halides is 19. The lowest BCUT2D eigenvalue weighted by molar-refractivity contribution is -0.476. The molecular weight excluding hydrogens is 597 g/mol. The van der Waals surface area contributed by atoms with Crippen LogP contribution in [0.4, 0.5) is 94.8 Å². The molecule has 0 saturated carbocycles. The summed E-state index contributed by atoms with van der Waals surface area (Å²) in [6.07, 6.45) is -15.1. The molecule has 0 amide bonds. The molecule has 4 N–H and O–H groups in total. The monoisotopic (exact) mass is 606 g/mol. The normalized spacial score (nSPS) is 15.6. The Morgan fingerprint density at radius 3 is 1.16 bits per heavy atom. The van der Waals surface area contributed by atoms with Crippen molar-refractivity contribution in [2.24, 2.45) is 0 Å². The molecule has 38 heavy (non-hydrogen) atoms. The standard InChI is InChI=1S/C16H9F19N2O/c1-4-2-3-5(36)6(37)7(4)38-16(34,35)14(29,30)12(25,26)10(21,22)8(17,18)9(19,20)11(23,24)13(27,28)15(31,32)33/h2-3H,36-37H2,1H3. The third-order valence-corrected chi connectivity index (χ3v) is 4.74. The molecule has 0 aliphatic heterocycles. The van der Waals surface area contributed by atoms with Crippen LogP contribution in [0.25, 0.3) is 0 Å². The van der Waals surface area contributed by atoms with E-state index < -0.39 is 76.4 Å². The predicted molar refractivity (Wildman–Crippen MR) is 86.3 cm³/mol. The van der Waals surface area contributed by atoms with Gasteiger partial charge in [-0.3, -0.25) is 0 Å². The van der Waals surface area contributed by atoms with Gasteiger partial charge in [0.2, 0.25) is 0 Å². The molecule has 0 spiro atoms. The molecule has 0 unspecified atom stereocenters. The summed E-state index contributed by atoms with van der Waals surface area (Å²) in [5.41, 5.74) is 7.24. The highest BCUT2D eigenvalue weighted by molar-refractivity contribution is 5.72. The number of anilines is 2. The number of nitrogens with two attached hydrogens (primary N) is 2. The van der Waals surface area contributed by atoms with Crippen molar-refractivity contribution in [3.8, 4) is 5.75 Å². The van der Waals surface area contributed by atoms with Crippen molar-refractivity contribution < 1.29 is 88.2 Å². The lowest BCUT2D eigenvalue weighted by atomic mass is 9.88. The Hall–Kier alpha value is -2.71. The summed E-state index contributed by atoms with van der Waals surface area (Å²) in [5.74, 6) is -62.6. The molecule has 1 aromatic rings. The van der Waals surface area contributed by atoms with Gasteiger partial charge in [0.15, 0.2) is 5.75 Å². The first kappa shape index (κ1) is 33.3. The van der Waals surface area contributed by atoms with E-state index in [-0.39, 0.29) is 0 Å². The van der Waals surface area contributed by atoms with Crippen LogP contribution in [0.3, 0.4) is 0 Å². The smallest absolute Gasteiger partial charge is 0.425 e. The van der Waals surface area contributed by atoms with Crippen LogP contribution in [0.1, 0.15) is 5.56 Å². The van der Waals surface area contributed by atoms with Crippen LogP contribution in [0.5, 0.6) is 5.75 Å². The number of nitrogen functional groups attached to an aromatic ring is 2. The van der Waals surface area contributed by atoms with Gasteiger partial charge in [0.25, 0.3) is 0 Å². The number of aryl methyl sites for hydroxylation is 1. The Kier molecular flexibility index (Phi) is 7.58. The van der Waals surface area contributed by atoms with E-state index in [2.05, 4.69) is 4.74 Å². The van der Waals surface area contributed by atoms with Crippen LogP contribution >= 0.6 is 0 Å². The van der Waals surface area contributed by atoms with Gasteiger partial charge in [0.05, 0.1) is 11.4 Å². The van der Waals surface area contributed by atoms with E-state index in [1.54, 1.807) is 0 Å². The minimum atomic E-state index is -9.01. The van der Waals surface area contributed by atoms with Crippen LogP contribution in [-0.4, -0.2) is 53.7 Å². The van der Waals surface area contributed by atoms with Crippen molar-refractivity contribution in [1.82, 2.24) is 0 Å². The molecule has 3 nitrogen and oxygen atoms in total. The Morgan fingerprint density at radius 1 is 0.500 bits per heavy atom. The van der Waals surface area contributed by atoms with Crippen LogP contribution in [0, 0.1) is 6.92 Å². The number of halogens is 19. The van der Waals surface area contributed by atoms with Gasteiger partial charge in [-0.1, -0.05) is 6.07 Å². The zero-order valence-corrected chi connectivity index (χ0v) is 17.4. The Bertz CT molecular complexity index is 1050. The molecule has 0 aromatic heterocycles. The molecule has 22 heteroatoms. The minimum absolute atomic E-state index is 0.611. The molecule has 0 atom stereocenters. The van der Waals surface area contributed by atoms with Gasteiger partial charge in [-0.15, -0.1) is 0 Å². The summed E-state index contributed by atoms with van der Waals surface area (Å²) < 4.78 is 256. The Labute approximate surface area is 196 Å². The summed E-state index contributed by atoms with van der Waals surface area (Å²) in [4.78, 5) is 0. The van der Waals surface area contributed by atoms with E-state index in [4.69, 9.17) is 11.5 Å². The fourth-order valence-corrected chi connectivity index (χ4v) is 2.40. The molecule has 1 rings (SSSR count). The first-order valence-electron chi connectivity index (χ1n) is 8.74. The molecule has 222 valence electrons. The molecule has 1 aromatic carbocycles. The second-order valence-corrected chi connectivity index (χ2v) is 7.35. The van der Waals surface area contributed by atoms with Crippen molar-refractivity contribution in [2.45, 2.75) is 60.7 Å². The van der Waals surface area contributed by atoms with E-state index in [1.807, 2.05) is 0 Å². The van der Waals surface area contributed by atoms with Gasteiger partial charge < -0.3 is 16.2 Å². The Balaban J connectivity index is 3.75. The summed E-state index contributed by atoms with van der Waals surface area (Å²) in [5, 5.41) is 0. The van der Waals surface area contributed by atoms with Gasteiger partial charge >= 0.3 is 53.7 Å². The zero-order valence-electron chi connectivity index (χ0n) is 17.4. The van der Waals surface area contributed by atoms with Gasteiger partial charge in [0, 0.05) is 0 Å². The highest BCUT2D eigenvalue weighted by atomic mass is 19.4. The fraction of sp³-hybridized carbons (Fsp3) is 0.625. The molecule has 0 bridgehead atoms. The average Bonchev–Trinajstić information content (AvgIpc) is 2.72. The van der Waals surface area contributed by atoms with Crippen molar-refractivity contribution in [3.05, 3.63) is 17.7 Å². The lowest BCUT2D eigenvalue weighted by Gasteiger charge is -2.43. The van der Waals surface area contributed by atoms with Gasteiger partial charge in [-0.2, -0.15) is 83.4 Å². The van der Waals surface area contributed by atoms with E-state index >= 15 is 0 Å². The predicted octanol–water partition coefficient (Wildman–Crippen LogP) is 7.14. The van der Waals surface area contributed by atoms with Crippen LogP contribution in [0.15, 0.2) is 12.1 Å². The topological polar surface area (TPSA) is 61.3 Å². The van der Waals surface area contributed by atoms with Crippen LogP contribution in [0.2, 0.25) is 0 Å². The molecule has 0 saturated heterocycles. The van der Waals surface area contributed by atoms with Crippen molar-refractivity contribution >= 4 is 11.4 Å². The van der Waals surface area contributed by atoms with Gasteiger partial charge in [0.1, 0.15) is 0 Å². The summed E-state index contributed by atoms with van der Waals surface area (Å²) >= 11 is 0. The molecular formula is C16H9F19N2O. The maximum atomic E-state index is 13.9. The van der Waals surface area contributed by atoms with Crippen molar-refractivity contribution in [3.63, 3.8) is 0 Å². The summed E-state index contributed by atoms with van der Waals surface area (Å²) in [6.45, 7) is 0.656. The molecule has 0 fully saturated rings. The first-order chi connectivity index (χ1) is 16.3. The van der Waals surface area contributed by atoms with E-state index in [1.165, 1.54) is 0 Å². The minimum Gasteiger partial charge on any atom is -0.425 e. The molecule has 0 aliphatic carbocycles. The second kappa shape index (κ2) is 8.65. The van der Waals surface area contributed by atoms with Crippen LogP contribution < -0.4 is 16.2 Å². The SMILES string of the molecule is Cc1ccc(N)c(N)c1OC(F)(F)C(F)(F)C(F)(F)C(F)(F)C(F)(F)C(F)(F)C(F)(F)C(F)(F)C(F)(F)F. The fourth-order valence-electron chi connectivity index (χ4n) is 2.40. The molecule has 0 aliphatic rings. The third kappa shape index (κ3) is 4.16.